The van der Waals surface area contributed by atoms with E-state index in [1.165, 1.54) is 12.1 Å². The molecule has 5 heteroatoms. The SMILES string of the molecule is O=C(OCc1ccc(F)cc1)C1CC(=O)N(c2ccccc2)C1. The summed E-state index contributed by atoms with van der Waals surface area (Å²) in [5, 5.41) is 0. The fraction of sp³-hybridized carbons (Fsp3) is 0.222. The van der Waals surface area contributed by atoms with Gasteiger partial charge in [-0.05, 0) is 29.8 Å². The number of ether oxygens (including phenoxy) is 1. The predicted molar refractivity (Wildman–Crippen MR) is 83.1 cm³/mol. The van der Waals surface area contributed by atoms with Crippen LogP contribution in [0.5, 0.6) is 0 Å². The predicted octanol–water partition coefficient (Wildman–Crippen LogP) is 2.92. The second-order valence-electron chi connectivity index (χ2n) is 5.48. The van der Waals surface area contributed by atoms with Crippen molar-refractivity contribution < 1.29 is 18.7 Å². The average Bonchev–Trinajstić information content (AvgIpc) is 2.97. The molecule has 0 N–H and O–H groups in total. The smallest absolute Gasteiger partial charge is 0.311 e. The molecule has 0 radical (unpaired) electrons. The largest absolute Gasteiger partial charge is 0.461 e. The number of anilines is 1. The van der Waals surface area contributed by atoms with Crippen molar-refractivity contribution in [3.05, 3.63) is 66.0 Å². The number of carbonyl (C=O) groups is 2. The van der Waals surface area contributed by atoms with Gasteiger partial charge in [-0.1, -0.05) is 30.3 Å². The lowest BCUT2D eigenvalue weighted by Gasteiger charge is -2.16. The summed E-state index contributed by atoms with van der Waals surface area (Å²) in [6, 6.07) is 15.0. The minimum Gasteiger partial charge on any atom is -0.461 e. The van der Waals surface area contributed by atoms with E-state index < -0.39 is 11.9 Å². The molecule has 1 amide bonds. The third-order valence-corrected chi connectivity index (χ3v) is 3.82. The molecule has 4 nitrogen and oxygen atoms in total. The molecule has 118 valence electrons. The molecule has 1 fully saturated rings. The quantitative estimate of drug-likeness (QED) is 0.815. The van der Waals surface area contributed by atoms with Crippen LogP contribution in [0.1, 0.15) is 12.0 Å². The zero-order valence-electron chi connectivity index (χ0n) is 12.4. The summed E-state index contributed by atoms with van der Waals surface area (Å²) >= 11 is 0. The second kappa shape index (κ2) is 6.60. The van der Waals surface area contributed by atoms with Crippen LogP contribution in [-0.2, 0) is 20.9 Å². The summed E-state index contributed by atoms with van der Waals surface area (Å²) in [6.45, 7) is 0.403. The lowest BCUT2D eigenvalue weighted by atomic mass is 10.1. The molecule has 23 heavy (non-hydrogen) atoms. The molecule has 1 aliphatic heterocycles. The van der Waals surface area contributed by atoms with Gasteiger partial charge >= 0.3 is 5.97 Å². The highest BCUT2D eigenvalue weighted by molar-refractivity contribution is 5.99. The monoisotopic (exact) mass is 313 g/mol. The molecule has 0 saturated carbocycles. The molecular formula is C18H16FNO3. The molecule has 3 rings (SSSR count). The Morgan fingerprint density at radius 2 is 1.83 bits per heavy atom. The summed E-state index contributed by atoms with van der Waals surface area (Å²) in [6.07, 6.45) is 0.150. The van der Waals surface area contributed by atoms with Crippen LogP contribution in [0.2, 0.25) is 0 Å². The number of para-hydroxylation sites is 1. The molecule has 1 saturated heterocycles. The van der Waals surface area contributed by atoms with E-state index >= 15 is 0 Å². The van der Waals surface area contributed by atoms with E-state index in [0.717, 1.165) is 5.69 Å². The highest BCUT2D eigenvalue weighted by Crippen LogP contribution is 2.25. The normalized spacial score (nSPS) is 17.3. The Bertz CT molecular complexity index is 700. The van der Waals surface area contributed by atoms with Crippen LogP contribution >= 0.6 is 0 Å². The number of halogens is 1. The van der Waals surface area contributed by atoms with Crippen molar-refractivity contribution >= 4 is 17.6 Å². The van der Waals surface area contributed by atoms with Gasteiger partial charge in [0.05, 0.1) is 5.92 Å². The number of hydrogen-bond donors (Lipinski definition) is 0. The number of nitrogens with zero attached hydrogens (tertiary/aromatic N) is 1. The summed E-state index contributed by atoms with van der Waals surface area (Å²) in [7, 11) is 0. The first-order valence-corrected chi connectivity index (χ1v) is 7.40. The molecule has 2 aromatic rings. The summed E-state index contributed by atoms with van der Waals surface area (Å²) < 4.78 is 18.1. The maximum absolute atomic E-state index is 12.8. The van der Waals surface area contributed by atoms with Crippen LogP contribution in [0.3, 0.4) is 0 Å². The van der Waals surface area contributed by atoms with Gasteiger partial charge in [0.15, 0.2) is 0 Å². The van der Waals surface area contributed by atoms with Gasteiger partial charge < -0.3 is 9.64 Å². The van der Waals surface area contributed by atoms with Gasteiger partial charge in [0.1, 0.15) is 12.4 Å². The third kappa shape index (κ3) is 3.56. The van der Waals surface area contributed by atoms with Crippen molar-refractivity contribution in [3.63, 3.8) is 0 Å². The van der Waals surface area contributed by atoms with Gasteiger partial charge in [-0.2, -0.15) is 0 Å². The van der Waals surface area contributed by atoms with Gasteiger partial charge in [-0.15, -0.1) is 0 Å². The van der Waals surface area contributed by atoms with Gasteiger partial charge in [-0.3, -0.25) is 9.59 Å². The van der Waals surface area contributed by atoms with Gasteiger partial charge in [-0.25, -0.2) is 4.39 Å². The summed E-state index contributed by atoms with van der Waals surface area (Å²) in [5.74, 6) is -1.29. The molecule has 0 spiro atoms. The molecule has 1 unspecified atom stereocenters. The van der Waals surface area contributed by atoms with E-state index in [2.05, 4.69) is 0 Å². The fourth-order valence-electron chi connectivity index (χ4n) is 2.58. The second-order valence-corrected chi connectivity index (χ2v) is 5.48. The molecule has 0 bridgehead atoms. The molecule has 0 aliphatic carbocycles. The highest BCUT2D eigenvalue weighted by atomic mass is 19.1. The van der Waals surface area contributed by atoms with E-state index in [9.17, 15) is 14.0 Å². The zero-order chi connectivity index (χ0) is 16.2. The zero-order valence-corrected chi connectivity index (χ0v) is 12.4. The van der Waals surface area contributed by atoms with E-state index in [1.54, 1.807) is 17.0 Å². The molecule has 1 aliphatic rings. The topological polar surface area (TPSA) is 46.6 Å². The van der Waals surface area contributed by atoms with Crippen LogP contribution in [0.4, 0.5) is 10.1 Å². The third-order valence-electron chi connectivity index (χ3n) is 3.82. The standard InChI is InChI=1S/C18H16FNO3/c19-15-8-6-13(7-9-15)12-23-18(22)14-10-17(21)20(11-14)16-4-2-1-3-5-16/h1-9,14H,10-12H2. The number of benzene rings is 2. The van der Waals surface area contributed by atoms with E-state index in [-0.39, 0.29) is 24.8 Å². The fourth-order valence-corrected chi connectivity index (χ4v) is 2.58. The Hall–Kier alpha value is -2.69. The van der Waals surface area contributed by atoms with Crippen molar-refractivity contribution in [1.29, 1.82) is 0 Å². The molecule has 0 aromatic heterocycles. The minimum atomic E-state index is -0.469. The van der Waals surface area contributed by atoms with Gasteiger partial charge in [0, 0.05) is 18.7 Å². The summed E-state index contributed by atoms with van der Waals surface area (Å²) in [4.78, 5) is 25.8. The van der Waals surface area contributed by atoms with Gasteiger partial charge in [0.25, 0.3) is 0 Å². The number of carbonyl (C=O) groups excluding carboxylic acids is 2. The Morgan fingerprint density at radius 3 is 2.52 bits per heavy atom. The van der Waals surface area contributed by atoms with Crippen molar-refractivity contribution in [2.75, 3.05) is 11.4 Å². The Balaban J connectivity index is 1.58. The number of esters is 1. The maximum atomic E-state index is 12.8. The number of rotatable bonds is 4. The van der Waals surface area contributed by atoms with Crippen molar-refractivity contribution in [1.82, 2.24) is 0 Å². The Morgan fingerprint density at radius 1 is 1.13 bits per heavy atom. The van der Waals surface area contributed by atoms with Crippen LogP contribution < -0.4 is 4.90 Å². The maximum Gasteiger partial charge on any atom is 0.311 e. The van der Waals surface area contributed by atoms with Crippen molar-refractivity contribution in [2.45, 2.75) is 13.0 Å². The van der Waals surface area contributed by atoms with Crippen molar-refractivity contribution in [3.8, 4) is 0 Å². The van der Waals surface area contributed by atoms with Crippen molar-refractivity contribution in [2.24, 2.45) is 5.92 Å². The first-order valence-electron chi connectivity index (χ1n) is 7.40. The summed E-state index contributed by atoms with van der Waals surface area (Å²) in [5.41, 5.74) is 1.50. The lowest BCUT2D eigenvalue weighted by Crippen LogP contribution is -2.26. The lowest BCUT2D eigenvalue weighted by molar-refractivity contribution is -0.149. The van der Waals surface area contributed by atoms with E-state index in [0.29, 0.717) is 12.1 Å². The average molecular weight is 313 g/mol. The van der Waals surface area contributed by atoms with E-state index in [1.807, 2.05) is 30.3 Å². The van der Waals surface area contributed by atoms with Gasteiger partial charge in [0.2, 0.25) is 5.91 Å². The van der Waals surface area contributed by atoms with E-state index in [4.69, 9.17) is 4.74 Å². The molecular weight excluding hydrogens is 297 g/mol. The number of amides is 1. The number of hydrogen-bond acceptors (Lipinski definition) is 3. The minimum absolute atomic E-state index is 0.0785. The van der Waals surface area contributed by atoms with Crippen LogP contribution in [0, 0.1) is 11.7 Å². The first kappa shape index (κ1) is 15.2. The molecule has 1 atom stereocenters. The Kier molecular flexibility index (Phi) is 4.37. The Labute approximate surface area is 133 Å². The van der Waals surface area contributed by atoms with Crippen LogP contribution in [-0.4, -0.2) is 18.4 Å². The van der Waals surface area contributed by atoms with Crippen LogP contribution in [0.15, 0.2) is 54.6 Å². The highest BCUT2D eigenvalue weighted by Gasteiger charge is 2.36. The molecule has 1 heterocycles. The van der Waals surface area contributed by atoms with Crippen LogP contribution in [0.25, 0.3) is 0 Å². The first-order chi connectivity index (χ1) is 11.1. The molecule has 2 aromatic carbocycles.